The maximum absolute atomic E-state index is 13.1. The average molecular weight is 353 g/mol. The zero-order valence-corrected chi connectivity index (χ0v) is 13.6. The largest absolute Gasteiger partial charge is 0.481 e. The molecule has 0 fully saturated rings. The Morgan fingerprint density at radius 1 is 1.29 bits per heavy atom. The van der Waals surface area contributed by atoms with E-state index in [2.05, 4.69) is 10.3 Å². The highest BCUT2D eigenvalue weighted by Gasteiger charge is 2.19. The summed E-state index contributed by atoms with van der Waals surface area (Å²) in [6.07, 6.45) is 0.217. The molecule has 1 aromatic heterocycles. The molecule has 2 rings (SSSR count). The normalized spacial score (nSPS) is 11.5. The average Bonchev–Trinajstić information content (AvgIpc) is 2.58. The molecule has 6 nitrogen and oxygen atoms in total. The molecule has 1 atom stereocenters. The topological polar surface area (TPSA) is 77.5 Å². The summed E-state index contributed by atoms with van der Waals surface area (Å²) >= 11 is 5.64. The van der Waals surface area contributed by atoms with E-state index in [-0.39, 0.29) is 10.6 Å². The van der Waals surface area contributed by atoms with Crippen LogP contribution in [0.4, 0.5) is 10.1 Å². The van der Waals surface area contributed by atoms with E-state index >= 15 is 0 Å². The van der Waals surface area contributed by atoms with Crippen LogP contribution in [-0.2, 0) is 9.53 Å². The van der Waals surface area contributed by atoms with Gasteiger partial charge in [0.15, 0.2) is 6.10 Å². The Labute approximate surface area is 142 Å². The van der Waals surface area contributed by atoms with Crippen LogP contribution in [0.2, 0.25) is 5.02 Å². The Hall–Kier alpha value is -2.67. The first-order chi connectivity index (χ1) is 11.4. The van der Waals surface area contributed by atoms with Crippen LogP contribution >= 0.6 is 11.6 Å². The lowest BCUT2D eigenvalue weighted by molar-refractivity contribution is -0.123. The van der Waals surface area contributed by atoms with Crippen LogP contribution in [-0.4, -0.2) is 30.1 Å². The van der Waals surface area contributed by atoms with E-state index in [4.69, 9.17) is 21.1 Å². The van der Waals surface area contributed by atoms with Crippen molar-refractivity contribution >= 4 is 29.2 Å². The van der Waals surface area contributed by atoms with E-state index in [0.29, 0.717) is 11.6 Å². The number of nitrogens with one attached hydrogen (secondary N) is 1. The molecule has 0 unspecified atom stereocenters. The SMILES string of the molecule is COc1ccc(C(=O)O[C@@H](C)C(=O)Nc2ccc(F)c(Cl)c2)cn1. The highest BCUT2D eigenvalue weighted by Crippen LogP contribution is 2.19. The Bertz CT molecular complexity index is 752. The second-order valence-corrected chi connectivity index (χ2v) is 5.16. The summed E-state index contributed by atoms with van der Waals surface area (Å²) in [7, 11) is 1.45. The lowest BCUT2D eigenvalue weighted by Gasteiger charge is -2.13. The number of rotatable bonds is 5. The standard InChI is InChI=1S/C16H14ClFN2O4/c1-9(15(21)20-11-4-5-13(18)12(17)7-11)24-16(22)10-3-6-14(23-2)19-8-10/h3-9H,1-2H3,(H,20,21)/t9-/m0/s1. The number of esters is 1. The van der Waals surface area contributed by atoms with Gasteiger partial charge in [0.05, 0.1) is 17.7 Å². The van der Waals surface area contributed by atoms with Crippen LogP contribution < -0.4 is 10.1 Å². The molecule has 1 heterocycles. The van der Waals surface area contributed by atoms with Crippen LogP contribution in [0.3, 0.4) is 0 Å². The lowest BCUT2D eigenvalue weighted by atomic mass is 10.2. The molecule has 2 aromatic rings. The molecular formula is C16H14ClFN2O4. The second-order valence-electron chi connectivity index (χ2n) is 4.75. The van der Waals surface area contributed by atoms with E-state index < -0.39 is 23.8 Å². The van der Waals surface area contributed by atoms with Crippen LogP contribution in [0.5, 0.6) is 5.88 Å². The molecule has 126 valence electrons. The molecule has 8 heteroatoms. The number of amides is 1. The Morgan fingerprint density at radius 2 is 2.04 bits per heavy atom. The van der Waals surface area contributed by atoms with Gasteiger partial charge in [0.2, 0.25) is 5.88 Å². The van der Waals surface area contributed by atoms with Crippen molar-refractivity contribution < 1.29 is 23.5 Å². The van der Waals surface area contributed by atoms with E-state index in [0.717, 1.165) is 6.07 Å². The Balaban J connectivity index is 1.97. The molecule has 1 amide bonds. The minimum Gasteiger partial charge on any atom is -0.481 e. The van der Waals surface area contributed by atoms with Gasteiger partial charge in [-0.15, -0.1) is 0 Å². The maximum Gasteiger partial charge on any atom is 0.340 e. The van der Waals surface area contributed by atoms with Crippen LogP contribution in [0.15, 0.2) is 36.5 Å². The zero-order chi connectivity index (χ0) is 17.7. The van der Waals surface area contributed by atoms with Crippen molar-refractivity contribution in [3.05, 3.63) is 52.9 Å². The molecule has 0 aliphatic rings. The van der Waals surface area contributed by atoms with Crippen molar-refractivity contribution in [2.24, 2.45) is 0 Å². The number of ether oxygens (including phenoxy) is 2. The fourth-order valence-corrected chi connectivity index (χ4v) is 1.90. The van der Waals surface area contributed by atoms with Gasteiger partial charge in [-0.05, 0) is 31.2 Å². The Kier molecular flexibility index (Phi) is 5.70. The number of benzene rings is 1. The number of methoxy groups -OCH3 is 1. The molecule has 0 radical (unpaired) electrons. The third-order valence-electron chi connectivity index (χ3n) is 3.02. The van der Waals surface area contributed by atoms with E-state index in [1.54, 1.807) is 0 Å². The van der Waals surface area contributed by atoms with Crippen molar-refractivity contribution in [1.82, 2.24) is 4.98 Å². The molecular weight excluding hydrogens is 339 g/mol. The van der Waals surface area contributed by atoms with Crippen molar-refractivity contribution in [3.63, 3.8) is 0 Å². The van der Waals surface area contributed by atoms with Gasteiger partial charge in [-0.2, -0.15) is 0 Å². The Morgan fingerprint density at radius 3 is 2.62 bits per heavy atom. The summed E-state index contributed by atoms with van der Waals surface area (Å²) in [5.74, 6) is -1.52. The number of carbonyl (C=O) groups is 2. The highest BCUT2D eigenvalue weighted by molar-refractivity contribution is 6.31. The van der Waals surface area contributed by atoms with Gasteiger partial charge >= 0.3 is 5.97 Å². The first-order valence-corrected chi connectivity index (χ1v) is 7.25. The highest BCUT2D eigenvalue weighted by atomic mass is 35.5. The molecule has 1 N–H and O–H groups in total. The van der Waals surface area contributed by atoms with Crippen molar-refractivity contribution in [2.75, 3.05) is 12.4 Å². The molecule has 24 heavy (non-hydrogen) atoms. The van der Waals surface area contributed by atoms with Crippen molar-refractivity contribution in [2.45, 2.75) is 13.0 Å². The number of aromatic nitrogens is 1. The minimum atomic E-state index is -1.07. The number of hydrogen-bond donors (Lipinski definition) is 1. The van der Waals surface area contributed by atoms with Crippen molar-refractivity contribution in [1.29, 1.82) is 0 Å². The van der Waals surface area contributed by atoms with Gasteiger partial charge in [-0.1, -0.05) is 11.6 Å². The van der Waals surface area contributed by atoms with Gasteiger partial charge in [0, 0.05) is 18.0 Å². The molecule has 0 spiro atoms. The van der Waals surface area contributed by atoms with Crippen LogP contribution in [0.1, 0.15) is 17.3 Å². The molecule has 0 aliphatic heterocycles. The maximum atomic E-state index is 13.1. The van der Waals surface area contributed by atoms with Gasteiger partial charge in [-0.3, -0.25) is 4.79 Å². The third kappa shape index (κ3) is 4.42. The summed E-state index contributed by atoms with van der Waals surface area (Å²) in [5, 5.41) is 2.36. The van der Waals surface area contributed by atoms with Crippen LogP contribution in [0.25, 0.3) is 0 Å². The number of hydrogen-bond acceptors (Lipinski definition) is 5. The quantitative estimate of drug-likeness (QED) is 0.837. The summed E-state index contributed by atoms with van der Waals surface area (Å²) in [6, 6.07) is 6.70. The molecule has 0 saturated heterocycles. The van der Waals surface area contributed by atoms with Gasteiger partial charge < -0.3 is 14.8 Å². The van der Waals surface area contributed by atoms with Crippen molar-refractivity contribution in [3.8, 4) is 5.88 Å². The first-order valence-electron chi connectivity index (χ1n) is 6.87. The predicted octanol–water partition coefficient (Wildman–Crippen LogP) is 3.07. The first kappa shape index (κ1) is 17.7. The lowest BCUT2D eigenvalue weighted by Crippen LogP contribution is -2.30. The fraction of sp³-hybridized carbons (Fsp3) is 0.188. The number of pyridine rings is 1. The summed E-state index contributed by atoms with van der Waals surface area (Å²) < 4.78 is 23.0. The van der Waals surface area contributed by atoms with Gasteiger partial charge in [-0.25, -0.2) is 14.2 Å². The summed E-state index contributed by atoms with van der Waals surface area (Å²) in [5.41, 5.74) is 0.473. The molecule has 0 saturated carbocycles. The zero-order valence-electron chi connectivity index (χ0n) is 12.9. The van der Waals surface area contributed by atoms with E-state index in [9.17, 15) is 14.0 Å². The monoisotopic (exact) mass is 352 g/mol. The minimum absolute atomic E-state index is 0.123. The second kappa shape index (κ2) is 7.74. The third-order valence-corrected chi connectivity index (χ3v) is 3.31. The number of nitrogens with zero attached hydrogens (tertiary/aromatic N) is 1. The number of carbonyl (C=O) groups excluding carboxylic acids is 2. The summed E-state index contributed by atoms with van der Waals surface area (Å²) in [4.78, 5) is 27.9. The fourth-order valence-electron chi connectivity index (χ4n) is 1.72. The molecule has 0 aliphatic carbocycles. The smallest absolute Gasteiger partial charge is 0.340 e. The van der Waals surface area contributed by atoms with Gasteiger partial charge in [0.1, 0.15) is 5.82 Å². The van der Waals surface area contributed by atoms with E-state index in [1.165, 1.54) is 44.5 Å². The predicted molar refractivity (Wildman–Crippen MR) is 85.7 cm³/mol. The molecule has 1 aromatic carbocycles. The number of anilines is 1. The number of halogens is 2. The summed E-state index contributed by atoms with van der Waals surface area (Å²) in [6.45, 7) is 1.41. The van der Waals surface area contributed by atoms with Crippen LogP contribution in [0, 0.1) is 5.82 Å². The molecule has 0 bridgehead atoms. The van der Waals surface area contributed by atoms with Gasteiger partial charge in [0.25, 0.3) is 5.91 Å². The van der Waals surface area contributed by atoms with E-state index in [1.807, 2.05) is 0 Å².